The van der Waals surface area contributed by atoms with Crippen LogP contribution in [0.1, 0.15) is 24.0 Å². The van der Waals surface area contributed by atoms with Crippen molar-refractivity contribution in [2.24, 2.45) is 0 Å². The molecule has 0 aromatic heterocycles. The van der Waals surface area contributed by atoms with Gasteiger partial charge in [-0.25, -0.2) is 4.39 Å². The summed E-state index contributed by atoms with van der Waals surface area (Å²) in [6, 6.07) is 15.5. The molecule has 0 amide bonds. The van der Waals surface area contributed by atoms with Crippen LogP contribution in [-0.4, -0.2) is 13.1 Å². The minimum Gasteiger partial charge on any atom is -0.316 e. The molecule has 106 valence electrons. The van der Waals surface area contributed by atoms with Crippen molar-refractivity contribution in [3.8, 4) is 0 Å². The molecule has 0 radical (unpaired) electrons. The van der Waals surface area contributed by atoms with Gasteiger partial charge in [-0.1, -0.05) is 53.2 Å². The van der Waals surface area contributed by atoms with Crippen LogP contribution in [-0.2, 0) is 6.42 Å². The molecule has 0 aliphatic heterocycles. The minimum atomic E-state index is -0.190. The molecule has 0 aliphatic rings. The molecule has 2 aromatic rings. The molecule has 3 heteroatoms. The van der Waals surface area contributed by atoms with Crippen LogP contribution in [0.3, 0.4) is 0 Å². The summed E-state index contributed by atoms with van der Waals surface area (Å²) in [6.45, 7) is 3.94. The number of nitrogens with one attached hydrogen (secondary N) is 1. The lowest BCUT2D eigenvalue weighted by molar-refractivity contribution is 0.588. The average molecular weight is 336 g/mol. The summed E-state index contributed by atoms with van der Waals surface area (Å²) in [5, 5.41) is 3.39. The maximum Gasteiger partial charge on any atom is 0.124 e. The highest BCUT2D eigenvalue weighted by atomic mass is 79.9. The molecule has 1 unspecified atom stereocenters. The summed E-state index contributed by atoms with van der Waals surface area (Å²) >= 11 is 3.36. The first-order chi connectivity index (χ1) is 9.69. The second-order valence-corrected chi connectivity index (χ2v) is 5.81. The summed E-state index contributed by atoms with van der Waals surface area (Å²) < 4.78 is 14.3. The lowest BCUT2D eigenvalue weighted by Gasteiger charge is -2.18. The van der Waals surface area contributed by atoms with E-state index < -0.39 is 0 Å². The van der Waals surface area contributed by atoms with Crippen molar-refractivity contribution in [3.05, 3.63) is 69.9 Å². The van der Waals surface area contributed by atoms with Crippen molar-refractivity contribution in [1.82, 2.24) is 5.32 Å². The second kappa shape index (κ2) is 7.55. The first kappa shape index (κ1) is 15.2. The standard InChI is InChI=1S/C17H19BrFN/c1-2-20-12-15(14-6-4-3-5-7-14)8-13-9-16(18)11-17(19)10-13/h3-7,9-11,15,20H,2,8,12H2,1H3. The molecule has 0 saturated heterocycles. The third-order valence-corrected chi connectivity index (χ3v) is 3.77. The molecule has 20 heavy (non-hydrogen) atoms. The van der Waals surface area contributed by atoms with Crippen LogP contribution < -0.4 is 5.32 Å². The predicted molar refractivity (Wildman–Crippen MR) is 85.5 cm³/mol. The van der Waals surface area contributed by atoms with Crippen molar-refractivity contribution in [3.63, 3.8) is 0 Å². The van der Waals surface area contributed by atoms with Gasteiger partial charge in [-0.2, -0.15) is 0 Å². The number of hydrogen-bond donors (Lipinski definition) is 1. The third-order valence-electron chi connectivity index (χ3n) is 3.32. The summed E-state index contributed by atoms with van der Waals surface area (Å²) in [5.74, 6) is 0.162. The Hall–Kier alpha value is -1.19. The summed E-state index contributed by atoms with van der Waals surface area (Å²) in [6.07, 6.45) is 0.827. The molecule has 0 spiro atoms. The van der Waals surface area contributed by atoms with E-state index in [0.717, 1.165) is 29.5 Å². The first-order valence-corrected chi connectivity index (χ1v) is 7.69. The molecule has 0 fully saturated rings. The van der Waals surface area contributed by atoms with E-state index in [1.54, 1.807) is 6.07 Å². The Kier molecular flexibility index (Phi) is 5.74. The number of likely N-dealkylation sites (N-methyl/N-ethyl adjacent to an activating group) is 1. The topological polar surface area (TPSA) is 12.0 Å². The van der Waals surface area contributed by atoms with Gasteiger partial charge in [0, 0.05) is 16.9 Å². The van der Waals surface area contributed by atoms with Crippen LogP contribution in [0.2, 0.25) is 0 Å². The van der Waals surface area contributed by atoms with Gasteiger partial charge in [0.25, 0.3) is 0 Å². The van der Waals surface area contributed by atoms with E-state index in [-0.39, 0.29) is 5.82 Å². The number of hydrogen-bond acceptors (Lipinski definition) is 1. The van der Waals surface area contributed by atoms with E-state index >= 15 is 0 Å². The first-order valence-electron chi connectivity index (χ1n) is 6.89. The lowest BCUT2D eigenvalue weighted by atomic mass is 9.92. The summed E-state index contributed by atoms with van der Waals surface area (Å²) in [5.41, 5.74) is 2.30. The SMILES string of the molecule is CCNCC(Cc1cc(F)cc(Br)c1)c1ccccc1. The van der Waals surface area contributed by atoms with E-state index in [9.17, 15) is 4.39 Å². The van der Waals surface area contributed by atoms with Gasteiger partial charge >= 0.3 is 0 Å². The van der Waals surface area contributed by atoms with E-state index in [1.165, 1.54) is 11.6 Å². The van der Waals surface area contributed by atoms with Gasteiger partial charge in [0.1, 0.15) is 5.82 Å². The van der Waals surface area contributed by atoms with Crippen molar-refractivity contribution in [2.75, 3.05) is 13.1 Å². The van der Waals surface area contributed by atoms with E-state index in [2.05, 4.69) is 52.4 Å². The molecule has 0 saturated carbocycles. The molecular formula is C17H19BrFN. The van der Waals surface area contributed by atoms with E-state index in [0.29, 0.717) is 5.92 Å². The van der Waals surface area contributed by atoms with Crippen molar-refractivity contribution in [1.29, 1.82) is 0 Å². The van der Waals surface area contributed by atoms with Gasteiger partial charge in [-0.05, 0) is 42.3 Å². The van der Waals surface area contributed by atoms with Crippen molar-refractivity contribution < 1.29 is 4.39 Å². The molecule has 0 aliphatic carbocycles. The zero-order valence-corrected chi connectivity index (χ0v) is 13.2. The Morgan fingerprint density at radius 2 is 1.90 bits per heavy atom. The zero-order chi connectivity index (χ0) is 14.4. The molecule has 2 rings (SSSR count). The summed E-state index contributed by atoms with van der Waals surface area (Å²) in [7, 11) is 0. The molecule has 2 aromatic carbocycles. The predicted octanol–water partition coefficient (Wildman–Crippen LogP) is 4.52. The molecule has 0 bridgehead atoms. The highest BCUT2D eigenvalue weighted by Gasteiger charge is 2.12. The van der Waals surface area contributed by atoms with Crippen LogP contribution in [0.15, 0.2) is 53.0 Å². The Balaban J connectivity index is 2.19. The highest BCUT2D eigenvalue weighted by molar-refractivity contribution is 9.10. The maximum absolute atomic E-state index is 13.5. The van der Waals surface area contributed by atoms with Crippen LogP contribution in [0.25, 0.3) is 0 Å². The molecule has 0 heterocycles. The normalized spacial score (nSPS) is 12.3. The van der Waals surface area contributed by atoms with Gasteiger partial charge in [0.05, 0.1) is 0 Å². The quantitative estimate of drug-likeness (QED) is 0.818. The van der Waals surface area contributed by atoms with Crippen LogP contribution >= 0.6 is 15.9 Å². The Bertz CT molecular complexity index is 522. The Morgan fingerprint density at radius 3 is 2.55 bits per heavy atom. The summed E-state index contributed by atoms with van der Waals surface area (Å²) in [4.78, 5) is 0. The fourth-order valence-electron chi connectivity index (χ4n) is 2.36. The van der Waals surface area contributed by atoms with Gasteiger partial charge in [0.15, 0.2) is 0 Å². The molecular weight excluding hydrogens is 317 g/mol. The monoisotopic (exact) mass is 335 g/mol. The second-order valence-electron chi connectivity index (χ2n) is 4.90. The fraction of sp³-hybridized carbons (Fsp3) is 0.294. The van der Waals surface area contributed by atoms with E-state index in [4.69, 9.17) is 0 Å². The lowest BCUT2D eigenvalue weighted by Crippen LogP contribution is -2.22. The van der Waals surface area contributed by atoms with Crippen molar-refractivity contribution in [2.45, 2.75) is 19.3 Å². The smallest absolute Gasteiger partial charge is 0.124 e. The van der Waals surface area contributed by atoms with Crippen molar-refractivity contribution >= 4 is 15.9 Å². The minimum absolute atomic E-state index is 0.190. The number of halogens is 2. The molecule has 1 nitrogen and oxygen atoms in total. The van der Waals surface area contributed by atoms with Crippen LogP contribution in [0.5, 0.6) is 0 Å². The molecule has 1 atom stereocenters. The highest BCUT2D eigenvalue weighted by Crippen LogP contribution is 2.23. The van der Waals surface area contributed by atoms with Gasteiger partial charge in [-0.15, -0.1) is 0 Å². The van der Waals surface area contributed by atoms with Crippen LogP contribution in [0.4, 0.5) is 4.39 Å². The average Bonchev–Trinajstić information content (AvgIpc) is 2.43. The Labute approximate surface area is 128 Å². The van der Waals surface area contributed by atoms with Gasteiger partial charge < -0.3 is 5.32 Å². The zero-order valence-electron chi connectivity index (χ0n) is 11.6. The van der Waals surface area contributed by atoms with Crippen LogP contribution in [0, 0.1) is 5.82 Å². The number of rotatable bonds is 6. The van der Waals surface area contributed by atoms with E-state index in [1.807, 2.05) is 12.1 Å². The fourth-order valence-corrected chi connectivity index (χ4v) is 2.88. The van der Waals surface area contributed by atoms with Gasteiger partial charge in [0.2, 0.25) is 0 Å². The number of benzene rings is 2. The molecule has 1 N–H and O–H groups in total. The third kappa shape index (κ3) is 4.43. The Morgan fingerprint density at radius 1 is 1.15 bits per heavy atom. The maximum atomic E-state index is 13.5. The van der Waals surface area contributed by atoms with Gasteiger partial charge in [-0.3, -0.25) is 0 Å². The largest absolute Gasteiger partial charge is 0.316 e.